The summed E-state index contributed by atoms with van der Waals surface area (Å²) in [6, 6.07) is 9.35. The van der Waals surface area contributed by atoms with Crippen LogP contribution in [-0.4, -0.2) is 24.9 Å². The zero-order valence-corrected chi connectivity index (χ0v) is 9.94. The quantitative estimate of drug-likeness (QED) is 0.766. The van der Waals surface area contributed by atoms with Crippen molar-refractivity contribution < 1.29 is 0 Å². The Morgan fingerprint density at radius 1 is 1.40 bits per heavy atom. The lowest BCUT2D eigenvalue weighted by molar-refractivity contribution is 0.793. The Morgan fingerprint density at radius 2 is 2.20 bits per heavy atom. The predicted molar refractivity (Wildman–Crippen MR) is 67.7 cm³/mol. The predicted octanol–water partition coefficient (Wildman–Crippen LogP) is 2.57. The minimum atomic E-state index is 0.606. The Labute approximate surface area is 95.8 Å². The van der Waals surface area contributed by atoms with E-state index < -0.39 is 0 Å². The molecule has 2 nitrogen and oxygen atoms in total. The second-order valence-corrected chi connectivity index (χ2v) is 5.13. The lowest BCUT2D eigenvalue weighted by Gasteiger charge is -2.12. The number of rotatable bonds is 4. The molecule has 0 aliphatic carbocycles. The number of thioether (sulfide) groups is 1. The van der Waals surface area contributed by atoms with E-state index >= 15 is 0 Å². The summed E-state index contributed by atoms with van der Waals surface area (Å²) in [6.07, 6.45) is 1.23. The molecule has 0 bridgehead atoms. The first-order valence-corrected chi connectivity index (χ1v) is 6.57. The molecule has 0 radical (unpaired) electrons. The highest BCUT2D eigenvalue weighted by molar-refractivity contribution is 7.99. The van der Waals surface area contributed by atoms with Crippen molar-refractivity contribution in [3.63, 3.8) is 0 Å². The number of anilines is 1. The largest absolute Gasteiger partial charge is 0.381 e. The number of hydrogen-bond acceptors (Lipinski definition) is 3. The molecule has 1 saturated heterocycles. The third-order valence-corrected chi connectivity index (χ3v) is 3.49. The maximum atomic E-state index is 3.54. The van der Waals surface area contributed by atoms with Gasteiger partial charge in [0, 0.05) is 23.2 Å². The van der Waals surface area contributed by atoms with Crippen LogP contribution in [-0.2, 0) is 0 Å². The van der Waals surface area contributed by atoms with E-state index in [1.165, 1.54) is 17.0 Å². The van der Waals surface area contributed by atoms with E-state index in [-0.39, 0.29) is 0 Å². The highest BCUT2D eigenvalue weighted by atomic mass is 32.2. The van der Waals surface area contributed by atoms with Crippen LogP contribution < -0.4 is 10.6 Å². The van der Waals surface area contributed by atoms with Crippen LogP contribution >= 0.6 is 11.8 Å². The average Bonchev–Trinajstić information content (AvgIpc) is 2.74. The van der Waals surface area contributed by atoms with Crippen LogP contribution in [0.3, 0.4) is 0 Å². The summed E-state index contributed by atoms with van der Waals surface area (Å²) in [7, 11) is 0. The molecule has 1 aliphatic rings. The summed E-state index contributed by atoms with van der Waals surface area (Å²) in [5.41, 5.74) is 1.24. The molecule has 0 aromatic heterocycles. The maximum absolute atomic E-state index is 3.54. The SMILES string of the molecule is CCSc1ccc(NC2CCNC2)cc1. The van der Waals surface area contributed by atoms with Gasteiger partial charge >= 0.3 is 0 Å². The summed E-state index contributed by atoms with van der Waals surface area (Å²) < 4.78 is 0. The van der Waals surface area contributed by atoms with Crippen LogP contribution in [0.5, 0.6) is 0 Å². The molecule has 1 atom stereocenters. The second kappa shape index (κ2) is 5.42. The molecule has 3 heteroatoms. The zero-order chi connectivity index (χ0) is 10.5. The fraction of sp³-hybridized carbons (Fsp3) is 0.500. The first-order valence-electron chi connectivity index (χ1n) is 5.58. The Morgan fingerprint density at radius 3 is 2.80 bits per heavy atom. The molecular formula is C12H18N2S. The molecule has 1 aromatic carbocycles. The fourth-order valence-corrected chi connectivity index (χ4v) is 2.49. The standard InChI is InChI=1S/C12H18N2S/c1-2-15-12-5-3-10(4-6-12)14-11-7-8-13-9-11/h3-6,11,13-14H,2,7-9H2,1H3. The van der Waals surface area contributed by atoms with Gasteiger partial charge in [0.1, 0.15) is 0 Å². The van der Waals surface area contributed by atoms with Crippen molar-refractivity contribution in [2.75, 3.05) is 24.2 Å². The van der Waals surface area contributed by atoms with E-state index in [0.717, 1.165) is 18.8 Å². The Hall–Kier alpha value is -0.670. The lowest BCUT2D eigenvalue weighted by Crippen LogP contribution is -2.21. The molecule has 0 amide bonds. The van der Waals surface area contributed by atoms with Crippen molar-refractivity contribution in [1.82, 2.24) is 5.32 Å². The van der Waals surface area contributed by atoms with E-state index in [9.17, 15) is 0 Å². The summed E-state index contributed by atoms with van der Waals surface area (Å²) >= 11 is 1.89. The van der Waals surface area contributed by atoms with Crippen molar-refractivity contribution >= 4 is 17.4 Å². The second-order valence-electron chi connectivity index (χ2n) is 3.79. The van der Waals surface area contributed by atoms with Gasteiger partial charge in [0.05, 0.1) is 0 Å². The van der Waals surface area contributed by atoms with Gasteiger partial charge in [0.25, 0.3) is 0 Å². The zero-order valence-electron chi connectivity index (χ0n) is 9.12. The third kappa shape index (κ3) is 3.14. The molecule has 15 heavy (non-hydrogen) atoms. The summed E-state index contributed by atoms with van der Waals surface area (Å²) in [6.45, 7) is 4.41. The van der Waals surface area contributed by atoms with E-state index in [1.54, 1.807) is 0 Å². The van der Waals surface area contributed by atoms with Crippen LogP contribution in [0.15, 0.2) is 29.2 Å². The monoisotopic (exact) mass is 222 g/mol. The maximum Gasteiger partial charge on any atom is 0.0398 e. The van der Waals surface area contributed by atoms with Gasteiger partial charge in [-0.05, 0) is 43.0 Å². The fourth-order valence-electron chi connectivity index (χ4n) is 1.83. The van der Waals surface area contributed by atoms with Gasteiger partial charge in [-0.25, -0.2) is 0 Å². The lowest BCUT2D eigenvalue weighted by atomic mass is 10.2. The van der Waals surface area contributed by atoms with Crippen LogP contribution in [0.4, 0.5) is 5.69 Å². The first-order chi connectivity index (χ1) is 7.38. The molecule has 1 unspecified atom stereocenters. The molecule has 2 N–H and O–H groups in total. The van der Waals surface area contributed by atoms with Gasteiger partial charge < -0.3 is 10.6 Å². The first kappa shape index (κ1) is 10.8. The number of nitrogens with one attached hydrogen (secondary N) is 2. The van der Waals surface area contributed by atoms with Crippen molar-refractivity contribution in [2.24, 2.45) is 0 Å². The normalized spacial score (nSPS) is 20.5. The van der Waals surface area contributed by atoms with E-state index in [1.807, 2.05) is 11.8 Å². The Bertz CT molecular complexity index is 291. The highest BCUT2D eigenvalue weighted by Gasteiger charge is 2.13. The summed E-state index contributed by atoms with van der Waals surface area (Å²) in [4.78, 5) is 1.35. The van der Waals surface area contributed by atoms with Gasteiger partial charge in [0.2, 0.25) is 0 Å². The molecule has 1 fully saturated rings. The Kier molecular flexibility index (Phi) is 3.92. The summed E-state index contributed by atoms with van der Waals surface area (Å²) in [5, 5.41) is 6.90. The van der Waals surface area contributed by atoms with Crippen LogP contribution in [0.25, 0.3) is 0 Å². The van der Waals surface area contributed by atoms with Crippen LogP contribution in [0, 0.1) is 0 Å². The number of hydrogen-bond donors (Lipinski definition) is 2. The molecular weight excluding hydrogens is 204 g/mol. The average molecular weight is 222 g/mol. The van der Waals surface area contributed by atoms with E-state index in [0.29, 0.717) is 6.04 Å². The molecule has 2 rings (SSSR count). The minimum Gasteiger partial charge on any atom is -0.381 e. The van der Waals surface area contributed by atoms with Crippen molar-refractivity contribution in [2.45, 2.75) is 24.3 Å². The van der Waals surface area contributed by atoms with Crippen LogP contribution in [0.2, 0.25) is 0 Å². The van der Waals surface area contributed by atoms with E-state index in [2.05, 4.69) is 41.8 Å². The molecule has 1 aromatic rings. The van der Waals surface area contributed by atoms with Crippen LogP contribution in [0.1, 0.15) is 13.3 Å². The van der Waals surface area contributed by atoms with Gasteiger partial charge in [0.15, 0.2) is 0 Å². The minimum absolute atomic E-state index is 0.606. The topological polar surface area (TPSA) is 24.1 Å². The summed E-state index contributed by atoms with van der Waals surface area (Å²) in [5.74, 6) is 1.14. The van der Waals surface area contributed by atoms with Gasteiger partial charge in [-0.3, -0.25) is 0 Å². The van der Waals surface area contributed by atoms with Gasteiger partial charge in [-0.15, -0.1) is 11.8 Å². The van der Waals surface area contributed by atoms with Crippen molar-refractivity contribution in [3.8, 4) is 0 Å². The molecule has 1 aliphatic heterocycles. The Balaban J connectivity index is 1.91. The molecule has 0 saturated carbocycles. The molecule has 82 valence electrons. The van der Waals surface area contributed by atoms with E-state index in [4.69, 9.17) is 0 Å². The van der Waals surface area contributed by atoms with Crippen molar-refractivity contribution in [3.05, 3.63) is 24.3 Å². The highest BCUT2D eigenvalue weighted by Crippen LogP contribution is 2.20. The smallest absolute Gasteiger partial charge is 0.0398 e. The van der Waals surface area contributed by atoms with Gasteiger partial charge in [-0.2, -0.15) is 0 Å². The number of benzene rings is 1. The molecule has 1 heterocycles. The van der Waals surface area contributed by atoms with Crippen molar-refractivity contribution in [1.29, 1.82) is 0 Å². The molecule has 0 spiro atoms. The third-order valence-electron chi connectivity index (χ3n) is 2.60. The van der Waals surface area contributed by atoms with Gasteiger partial charge in [-0.1, -0.05) is 6.92 Å².